The number of nitrogens with one attached hydrogen (secondary N) is 1. The Balaban J connectivity index is 2.17. The molecule has 0 aromatic heterocycles. The fourth-order valence-electron chi connectivity index (χ4n) is 1.71. The van der Waals surface area contributed by atoms with Gasteiger partial charge in [0.05, 0.1) is 13.2 Å². The van der Waals surface area contributed by atoms with Crippen molar-refractivity contribution in [2.45, 2.75) is 32.9 Å². The van der Waals surface area contributed by atoms with E-state index in [-0.39, 0.29) is 0 Å². The summed E-state index contributed by atoms with van der Waals surface area (Å²) in [5.41, 5.74) is 1.17. The molecule has 1 N–H and O–H groups in total. The van der Waals surface area contributed by atoms with E-state index >= 15 is 0 Å². The molecule has 0 atom stereocenters. The van der Waals surface area contributed by atoms with Gasteiger partial charge in [-0.1, -0.05) is 26.0 Å². The summed E-state index contributed by atoms with van der Waals surface area (Å²) in [5, 5.41) is 3.40. The standard InChI is InChI=1S/C13H19NO2/c1-10(2)14-9-11-5-3-6-12-13(11)16-8-4-7-15-12/h3,5-6,10,14H,4,7-9H2,1-2H3. The van der Waals surface area contributed by atoms with Gasteiger partial charge in [-0.25, -0.2) is 0 Å². The van der Waals surface area contributed by atoms with E-state index in [9.17, 15) is 0 Å². The molecular formula is C13H19NO2. The van der Waals surface area contributed by atoms with Gasteiger partial charge in [0.25, 0.3) is 0 Å². The third-order valence-electron chi connectivity index (χ3n) is 2.55. The normalized spacial score (nSPS) is 14.9. The topological polar surface area (TPSA) is 30.5 Å². The molecule has 1 aliphatic heterocycles. The van der Waals surface area contributed by atoms with E-state index < -0.39 is 0 Å². The molecule has 0 saturated heterocycles. The van der Waals surface area contributed by atoms with Crippen molar-refractivity contribution < 1.29 is 9.47 Å². The van der Waals surface area contributed by atoms with E-state index in [4.69, 9.17) is 9.47 Å². The van der Waals surface area contributed by atoms with Crippen LogP contribution in [0.5, 0.6) is 11.5 Å². The Kier molecular flexibility index (Phi) is 3.67. The van der Waals surface area contributed by atoms with E-state index in [1.54, 1.807) is 0 Å². The van der Waals surface area contributed by atoms with Gasteiger partial charge in [0, 0.05) is 24.6 Å². The van der Waals surface area contributed by atoms with Gasteiger partial charge in [0.1, 0.15) is 0 Å². The monoisotopic (exact) mass is 221 g/mol. The second kappa shape index (κ2) is 5.21. The van der Waals surface area contributed by atoms with Gasteiger partial charge in [-0.05, 0) is 6.07 Å². The number of hydrogen-bond donors (Lipinski definition) is 1. The van der Waals surface area contributed by atoms with Crippen LogP contribution in [-0.2, 0) is 6.54 Å². The van der Waals surface area contributed by atoms with Crippen molar-refractivity contribution >= 4 is 0 Å². The second-order valence-corrected chi connectivity index (χ2v) is 4.33. The molecule has 0 unspecified atom stereocenters. The van der Waals surface area contributed by atoms with Crippen molar-refractivity contribution in [3.05, 3.63) is 23.8 Å². The smallest absolute Gasteiger partial charge is 0.165 e. The summed E-state index contributed by atoms with van der Waals surface area (Å²) in [4.78, 5) is 0. The molecule has 1 heterocycles. The maximum atomic E-state index is 5.75. The SMILES string of the molecule is CC(C)NCc1cccc2c1OCCCO2. The van der Waals surface area contributed by atoms with Crippen molar-refractivity contribution in [1.82, 2.24) is 5.32 Å². The minimum Gasteiger partial charge on any atom is -0.490 e. The van der Waals surface area contributed by atoms with Crippen molar-refractivity contribution in [1.29, 1.82) is 0 Å². The first-order valence-corrected chi connectivity index (χ1v) is 5.88. The fourth-order valence-corrected chi connectivity index (χ4v) is 1.71. The third kappa shape index (κ3) is 2.67. The van der Waals surface area contributed by atoms with Crippen molar-refractivity contribution in [3.8, 4) is 11.5 Å². The summed E-state index contributed by atoms with van der Waals surface area (Å²) in [6, 6.07) is 6.55. The van der Waals surface area contributed by atoms with Gasteiger partial charge in [0.15, 0.2) is 11.5 Å². The van der Waals surface area contributed by atoms with Crippen LogP contribution in [0, 0.1) is 0 Å². The molecule has 3 heteroatoms. The van der Waals surface area contributed by atoms with E-state index in [0.29, 0.717) is 6.04 Å². The van der Waals surface area contributed by atoms with Crippen LogP contribution in [0.25, 0.3) is 0 Å². The highest BCUT2D eigenvalue weighted by Gasteiger charge is 2.13. The Hall–Kier alpha value is -1.22. The average Bonchev–Trinajstić information content (AvgIpc) is 2.51. The number of para-hydroxylation sites is 1. The molecule has 0 amide bonds. The van der Waals surface area contributed by atoms with Gasteiger partial charge < -0.3 is 14.8 Å². The van der Waals surface area contributed by atoms with Crippen molar-refractivity contribution in [3.63, 3.8) is 0 Å². The second-order valence-electron chi connectivity index (χ2n) is 4.33. The highest BCUT2D eigenvalue weighted by Crippen LogP contribution is 2.33. The lowest BCUT2D eigenvalue weighted by atomic mass is 10.1. The van der Waals surface area contributed by atoms with Crippen LogP contribution >= 0.6 is 0 Å². The molecule has 0 radical (unpaired) electrons. The van der Waals surface area contributed by atoms with E-state index in [2.05, 4.69) is 25.2 Å². The Morgan fingerprint density at radius 2 is 2.06 bits per heavy atom. The van der Waals surface area contributed by atoms with Crippen LogP contribution < -0.4 is 14.8 Å². The molecule has 0 fully saturated rings. The summed E-state index contributed by atoms with van der Waals surface area (Å²) in [6.07, 6.45) is 0.950. The fraction of sp³-hybridized carbons (Fsp3) is 0.538. The molecule has 1 aromatic carbocycles. The van der Waals surface area contributed by atoms with E-state index in [0.717, 1.165) is 37.7 Å². The zero-order chi connectivity index (χ0) is 11.4. The number of benzene rings is 1. The van der Waals surface area contributed by atoms with E-state index in [1.165, 1.54) is 5.56 Å². The largest absolute Gasteiger partial charge is 0.490 e. The minimum atomic E-state index is 0.475. The summed E-state index contributed by atoms with van der Waals surface area (Å²) < 4.78 is 11.4. The number of ether oxygens (including phenoxy) is 2. The predicted octanol–water partition coefficient (Wildman–Crippen LogP) is 2.35. The molecule has 0 saturated carbocycles. The minimum absolute atomic E-state index is 0.475. The average molecular weight is 221 g/mol. The lowest BCUT2D eigenvalue weighted by molar-refractivity contribution is 0.296. The Labute approximate surface area is 96.8 Å². The molecule has 3 nitrogen and oxygen atoms in total. The van der Waals surface area contributed by atoms with Crippen LogP contribution in [0.3, 0.4) is 0 Å². The molecule has 88 valence electrons. The summed E-state index contributed by atoms with van der Waals surface area (Å²) in [6.45, 7) is 6.59. The number of rotatable bonds is 3. The number of fused-ring (bicyclic) bond motifs is 1. The third-order valence-corrected chi connectivity index (χ3v) is 2.55. The maximum absolute atomic E-state index is 5.75. The Morgan fingerprint density at radius 3 is 2.88 bits per heavy atom. The molecule has 16 heavy (non-hydrogen) atoms. The van der Waals surface area contributed by atoms with Crippen LogP contribution in [-0.4, -0.2) is 19.3 Å². The highest BCUT2D eigenvalue weighted by atomic mass is 16.5. The Morgan fingerprint density at radius 1 is 1.25 bits per heavy atom. The quantitative estimate of drug-likeness (QED) is 0.850. The van der Waals surface area contributed by atoms with Crippen LogP contribution in [0.1, 0.15) is 25.8 Å². The molecule has 0 spiro atoms. The van der Waals surface area contributed by atoms with Crippen LogP contribution in [0.15, 0.2) is 18.2 Å². The van der Waals surface area contributed by atoms with Crippen molar-refractivity contribution in [2.24, 2.45) is 0 Å². The lowest BCUT2D eigenvalue weighted by Crippen LogP contribution is -2.22. The first-order valence-electron chi connectivity index (χ1n) is 5.88. The molecule has 0 aliphatic carbocycles. The number of hydrogen-bond acceptors (Lipinski definition) is 3. The van der Waals surface area contributed by atoms with Gasteiger partial charge in [-0.15, -0.1) is 0 Å². The van der Waals surface area contributed by atoms with Gasteiger partial charge in [-0.3, -0.25) is 0 Å². The van der Waals surface area contributed by atoms with Gasteiger partial charge in [-0.2, -0.15) is 0 Å². The zero-order valence-electron chi connectivity index (χ0n) is 9.95. The first-order chi connectivity index (χ1) is 7.77. The maximum Gasteiger partial charge on any atom is 0.165 e. The molecular weight excluding hydrogens is 202 g/mol. The first kappa shape index (κ1) is 11.3. The summed E-state index contributed by atoms with van der Waals surface area (Å²) in [5.74, 6) is 1.79. The van der Waals surface area contributed by atoms with Gasteiger partial charge in [0.2, 0.25) is 0 Å². The van der Waals surface area contributed by atoms with Gasteiger partial charge >= 0.3 is 0 Å². The molecule has 2 rings (SSSR count). The molecule has 1 aromatic rings. The predicted molar refractivity (Wildman–Crippen MR) is 64.0 cm³/mol. The molecule has 0 bridgehead atoms. The zero-order valence-corrected chi connectivity index (χ0v) is 9.95. The van der Waals surface area contributed by atoms with Crippen LogP contribution in [0.2, 0.25) is 0 Å². The van der Waals surface area contributed by atoms with Crippen LogP contribution in [0.4, 0.5) is 0 Å². The van der Waals surface area contributed by atoms with Crippen molar-refractivity contribution in [2.75, 3.05) is 13.2 Å². The highest BCUT2D eigenvalue weighted by molar-refractivity contribution is 5.47. The Bertz CT molecular complexity index is 350. The van der Waals surface area contributed by atoms with E-state index in [1.807, 2.05) is 12.1 Å². The summed E-state index contributed by atoms with van der Waals surface area (Å²) in [7, 11) is 0. The lowest BCUT2D eigenvalue weighted by Gasteiger charge is -2.14. The molecule has 1 aliphatic rings. The summed E-state index contributed by atoms with van der Waals surface area (Å²) >= 11 is 0.